The monoisotopic (exact) mass is 646 g/mol. The van der Waals surface area contributed by atoms with E-state index in [4.69, 9.17) is 40.3 Å². The molecule has 3 saturated heterocycles. The van der Waals surface area contributed by atoms with Crippen LogP contribution in [-0.4, -0.2) is 75.6 Å². The number of fused-ring (bicyclic) bond motifs is 2. The number of hydrogen-bond donors (Lipinski definition) is 1. The molecule has 4 aliphatic rings. The minimum atomic E-state index is -1.03. The summed E-state index contributed by atoms with van der Waals surface area (Å²) in [7, 11) is 0. The highest BCUT2D eigenvalue weighted by molar-refractivity contribution is 6.30. The van der Waals surface area contributed by atoms with E-state index >= 15 is 0 Å². The van der Waals surface area contributed by atoms with Gasteiger partial charge in [0.1, 0.15) is 28.9 Å². The van der Waals surface area contributed by atoms with E-state index in [1.807, 2.05) is 25.1 Å². The first kappa shape index (κ1) is 29.5. The summed E-state index contributed by atoms with van der Waals surface area (Å²) < 4.78 is 32.1. The summed E-state index contributed by atoms with van der Waals surface area (Å²) in [5, 5.41) is 10.4. The lowest BCUT2D eigenvalue weighted by Gasteiger charge is -2.33. The molecular weight excluding hydrogens is 612 g/mol. The topological polar surface area (TPSA) is 117 Å². The summed E-state index contributed by atoms with van der Waals surface area (Å²) in [4.78, 5) is 24.0. The fourth-order valence-electron chi connectivity index (χ4n) is 6.69. The van der Waals surface area contributed by atoms with Crippen molar-refractivity contribution >= 4 is 28.6 Å². The Bertz CT molecular complexity index is 1780. The number of nitrogens with zero attached hydrogens (tertiary/aromatic N) is 4. The smallest absolute Gasteiger partial charge is 0.335 e. The summed E-state index contributed by atoms with van der Waals surface area (Å²) in [6, 6.07) is 13.0. The van der Waals surface area contributed by atoms with Gasteiger partial charge in [-0.3, -0.25) is 9.88 Å². The number of ether oxygens (including phenoxy) is 5. The standard InChI is InChI=1S/C34H35ClN4O7/c1-34(29-6-5-22(35)15-36-29)45-27-4-2-3-25(32(27)46-34)20-7-10-38(11-8-20)17-30-37-31-26(39(30)16-23-9-12-43-23)13-21(33(40)41)14-28(31)44-24-18-42-19-24/h2-6,13-15,20,23-24H,7-12,16-19H2,1H3,(H,40,41)/t23-,34-/m0/s1. The Morgan fingerprint density at radius 2 is 1.96 bits per heavy atom. The molecule has 0 spiro atoms. The Hall–Kier alpha value is -3.90. The number of para-hydroxylation sites is 1. The average Bonchev–Trinajstić information content (AvgIpc) is 3.54. The fourth-order valence-corrected chi connectivity index (χ4v) is 6.80. The SMILES string of the molecule is C[C@]1(c2ccc(Cl)cn2)Oc2cccc(C3CCN(Cc4nc5c(OC6COC6)cc(C(=O)O)cc5n4C[C@@H]4CCO4)CC3)c2O1. The molecule has 0 unspecified atom stereocenters. The molecule has 6 heterocycles. The number of carboxylic acids is 1. The van der Waals surface area contributed by atoms with E-state index in [1.54, 1.807) is 24.4 Å². The second-order valence-corrected chi connectivity index (χ2v) is 13.0. The molecule has 2 aromatic carbocycles. The van der Waals surface area contributed by atoms with Crippen molar-refractivity contribution in [2.45, 2.75) is 63.2 Å². The zero-order chi connectivity index (χ0) is 31.4. The molecule has 4 aromatic rings. The third kappa shape index (κ3) is 5.45. The number of carboxylic acid groups (broad SMARTS) is 1. The number of hydrogen-bond acceptors (Lipinski definition) is 9. The van der Waals surface area contributed by atoms with Gasteiger partial charge >= 0.3 is 5.97 Å². The predicted molar refractivity (Wildman–Crippen MR) is 168 cm³/mol. The molecule has 0 radical (unpaired) electrons. The Labute approximate surface area is 270 Å². The van der Waals surface area contributed by atoms with Crippen LogP contribution in [0.2, 0.25) is 5.02 Å². The van der Waals surface area contributed by atoms with Gasteiger partial charge in [0.05, 0.1) is 48.5 Å². The second-order valence-electron chi connectivity index (χ2n) is 12.6. The number of piperidine rings is 1. The van der Waals surface area contributed by atoms with Crippen molar-refractivity contribution in [3.63, 3.8) is 0 Å². The summed E-state index contributed by atoms with van der Waals surface area (Å²) in [5.41, 5.74) is 3.42. The molecule has 8 rings (SSSR count). The maximum atomic E-state index is 12.1. The van der Waals surface area contributed by atoms with E-state index in [1.165, 1.54) is 0 Å². The number of aromatic carboxylic acids is 1. The number of pyridine rings is 1. The van der Waals surface area contributed by atoms with Crippen LogP contribution in [0.15, 0.2) is 48.7 Å². The Kier molecular flexibility index (Phi) is 7.51. The minimum absolute atomic E-state index is 0.0796. The van der Waals surface area contributed by atoms with Gasteiger partial charge in [0.25, 0.3) is 5.79 Å². The van der Waals surface area contributed by atoms with Crippen molar-refractivity contribution < 1.29 is 33.6 Å². The van der Waals surface area contributed by atoms with Crippen LogP contribution in [0, 0.1) is 0 Å². The molecule has 4 aliphatic heterocycles. The summed E-state index contributed by atoms with van der Waals surface area (Å²) in [6.45, 7) is 6.58. The Balaban J connectivity index is 1.02. The predicted octanol–water partition coefficient (Wildman–Crippen LogP) is 5.37. The van der Waals surface area contributed by atoms with Crippen LogP contribution in [-0.2, 0) is 28.4 Å². The summed E-state index contributed by atoms with van der Waals surface area (Å²) in [6.07, 6.45) is 4.43. The van der Waals surface area contributed by atoms with Crippen LogP contribution >= 0.6 is 11.6 Å². The highest BCUT2D eigenvalue weighted by Gasteiger charge is 2.42. The van der Waals surface area contributed by atoms with Gasteiger partial charge in [0.15, 0.2) is 11.5 Å². The van der Waals surface area contributed by atoms with Gasteiger partial charge in [0, 0.05) is 25.3 Å². The van der Waals surface area contributed by atoms with E-state index in [0.29, 0.717) is 54.2 Å². The lowest BCUT2D eigenvalue weighted by Crippen LogP contribution is -2.38. The Morgan fingerprint density at radius 1 is 1.13 bits per heavy atom. The quantitative estimate of drug-likeness (QED) is 0.254. The highest BCUT2D eigenvalue weighted by atomic mass is 35.5. The largest absolute Gasteiger partial charge is 0.483 e. The second kappa shape index (κ2) is 11.7. The van der Waals surface area contributed by atoms with Crippen molar-refractivity contribution in [2.75, 3.05) is 32.9 Å². The van der Waals surface area contributed by atoms with Crippen LogP contribution in [0.25, 0.3) is 11.0 Å². The summed E-state index contributed by atoms with van der Waals surface area (Å²) in [5.74, 6) is 1.14. The Morgan fingerprint density at radius 3 is 2.63 bits per heavy atom. The van der Waals surface area contributed by atoms with Crippen LogP contribution in [0.5, 0.6) is 17.2 Å². The average molecular weight is 647 g/mol. The molecular formula is C34H35ClN4O7. The number of benzene rings is 2. The molecule has 2 atom stereocenters. The van der Waals surface area contributed by atoms with Crippen LogP contribution in [0.1, 0.15) is 59.5 Å². The van der Waals surface area contributed by atoms with Crippen molar-refractivity contribution in [3.8, 4) is 17.2 Å². The number of aromatic nitrogens is 3. The summed E-state index contributed by atoms with van der Waals surface area (Å²) >= 11 is 6.06. The van der Waals surface area contributed by atoms with Gasteiger partial charge in [0.2, 0.25) is 0 Å². The lowest BCUT2D eigenvalue weighted by molar-refractivity contribution is -0.0791. The maximum Gasteiger partial charge on any atom is 0.335 e. The number of imidazole rings is 1. The third-order valence-corrected chi connectivity index (χ3v) is 9.65. The van der Waals surface area contributed by atoms with E-state index in [9.17, 15) is 9.90 Å². The molecule has 0 aliphatic carbocycles. The van der Waals surface area contributed by atoms with Gasteiger partial charge in [-0.1, -0.05) is 23.7 Å². The van der Waals surface area contributed by atoms with Crippen LogP contribution in [0.4, 0.5) is 0 Å². The zero-order valence-corrected chi connectivity index (χ0v) is 26.2. The molecule has 240 valence electrons. The molecule has 2 aromatic heterocycles. The van der Waals surface area contributed by atoms with Crippen molar-refractivity contribution in [1.29, 1.82) is 0 Å². The minimum Gasteiger partial charge on any atom is -0.483 e. The van der Waals surface area contributed by atoms with Crippen molar-refractivity contribution in [3.05, 3.63) is 76.3 Å². The normalized spacial score (nSPS) is 23.3. The first-order valence-electron chi connectivity index (χ1n) is 15.8. The van der Waals surface area contributed by atoms with Crippen LogP contribution in [0.3, 0.4) is 0 Å². The van der Waals surface area contributed by atoms with Gasteiger partial charge in [-0.25, -0.2) is 9.78 Å². The molecule has 0 amide bonds. The van der Waals surface area contributed by atoms with Gasteiger partial charge in [-0.2, -0.15) is 0 Å². The van der Waals surface area contributed by atoms with Gasteiger partial charge in [-0.15, -0.1) is 0 Å². The zero-order valence-electron chi connectivity index (χ0n) is 25.5. The van der Waals surface area contributed by atoms with E-state index in [2.05, 4.69) is 20.5 Å². The number of rotatable bonds is 9. The lowest BCUT2D eigenvalue weighted by atomic mass is 9.88. The van der Waals surface area contributed by atoms with E-state index < -0.39 is 11.8 Å². The van der Waals surface area contributed by atoms with E-state index in [-0.39, 0.29) is 17.8 Å². The maximum absolute atomic E-state index is 12.1. The molecule has 1 N–H and O–H groups in total. The number of halogens is 1. The molecule has 12 heteroatoms. The fraction of sp³-hybridized carbons (Fsp3) is 0.441. The number of likely N-dealkylation sites (tertiary alicyclic amines) is 1. The molecule has 3 fully saturated rings. The van der Waals surface area contributed by atoms with Gasteiger partial charge in [-0.05, 0) is 68.6 Å². The van der Waals surface area contributed by atoms with Crippen molar-refractivity contribution in [2.24, 2.45) is 0 Å². The number of carbonyl (C=O) groups is 1. The third-order valence-electron chi connectivity index (χ3n) is 9.42. The molecule has 11 nitrogen and oxygen atoms in total. The van der Waals surface area contributed by atoms with Crippen molar-refractivity contribution in [1.82, 2.24) is 19.4 Å². The van der Waals surface area contributed by atoms with Gasteiger partial charge < -0.3 is 33.4 Å². The molecule has 0 saturated carbocycles. The van der Waals surface area contributed by atoms with E-state index in [0.717, 1.165) is 67.4 Å². The van der Waals surface area contributed by atoms with Crippen LogP contribution < -0.4 is 14.2 Å². The highest BCUT2D eigenvalue weighted by Crippen LogP contribution is 2.49. The molecule has 46 heavy (non-hydrogen) atoms. The first-order chi connectivity index (χ1) is 22.3. The molecule has 0 bridgehead atoms. The first-order valence-corrected chi connectivity index (χ1v) is 16.2.